The van der Waals surface area contributed by atoms with Gasteiger partial charge in [-0.1, -0.05) is 11.8 Å². The number of carbonyl (C=O) groups excluding carboxylic acids is 1. The van der Waals surface area contributed by atoms with Crippen LogP contribution in [0.2, 0.25) is 0 Å². The van der Waals surface area contributed by atoms with Gasteiger partial charge >= 0.3 is 11.7 Å². The van der Waals surface area contributed by atoms with Crippen molar-refractivity contribution < 1.29 is 14.5 Å². The Bertz CT molecular complexity index is 593. The maximum atomic E-state index is 10.8. The van der Waals surface area contributed by atoms with Crippen molar-refractivity contribution in [3.63, 3.8) is 0 Å². The third kappa shape index (κ3) is 3.29. The molecule has 18 heavy (non-hydrogen) atoms. The van der Waals surface area contributed by atoms with Crippen LogP contribution in [0.5, 0.6) is 0 Å². The molecule has 7 nitrogen and oxygen atoms in total. The lowest BCUT2D eigenvalue weighted by Crippen LogP contribution is -1.98. The van der Waals surface area contributed by atoms with E-state index in [1.54, 1.807) is 6.07 Å². The Kier molecular flexibility index (Phi) is 4.35. The van der Waals surface area contributed by atoms with Gasteiger partial charge in [0.2, 0.25) is 5.69 Å². The minimum Gasteiger partial charge on any atom is -0.468 e. The molecule has 0 aromatic carbocycles. The lowest BCUT2D eigenvalue weighted by Gasteiger charge is -1.94. The second-order valence-corrected chi connectivity index (χ2v) is 3.02. The molecule has 7 heteroatoms. The summed E-state index contributed by atoms with van der Waals surface area (Å²) in [5.74, 6) is 4.51. The monoisotopic (exact) mass is 245 g/mol. The van der Waals surface area contributed by atoms with E-state index in [-0.39, 0.29) is 17.7 Å². The first-order chi connectivity index (χ1) is 8.58. The predicted molar refractivity (Wildman–Crippen MR) is 59.1 cm³/mol. The second kappa shape index (κ2) is 5.97. The van der Waals surface area contributed by atoms with Crippen molar-refractivity contribution in [2.75, 3.05) is 7.11 Å². The van der Waals surface area contributed by atoms with Gasteiger partial charge in [0.15, 0.2) is 0 Å². The average Bonchev–Trinajstić information content (AvgIpc) is 2.38. The van der Waals surface area contributed by atoms with Crippen molar-refractivity contribution in [3.05, 3.63) is 33.6 Å². The van der Waals surface area contributed by atoms with Crippen LogP contribution in [-0.2, 0) is 9.53 Å². The fraction of sp³-hybridized carbons (Fsp3) is 0.182. The molecule has 0 spiro atoms. The maximum Gasteiger partial charge on any atom is 0.317 e. The molecule has 0 saturated carbocycles. The van der Waals surface area contributed by atoms with Gasteiger partial charge in [-0.15, -0.1) is 0 Å². The van der Waals surface area contributed by atoms with E-state index in [2.05, 4.69) is 21.6 Å². The molecule has 1 rings (SSSR count). The minimum atomic E-state index is -0.711. The SMILES string of the molecule is COC(=O)CC#Cc1cnc(C#N)c([N+](=O)[O-])c1. The third-order valence-corrected chi connectivity index (χ3v) is 1.86. The number of nitriles is 1. The van der Waals surface area contributed by atoms with Gasteiger partial charge in [-0.25, -0.2) is 4.98 Å². The van der Waals surface area contributed by atoms with E-state index in [9.17, 15) is 14.9 Å². The van der Waals surface area contributed by atoms with Gasteiger partial charge in [0.25, 0.3) is 0 Å². The fourth-order valence-electron chi connectivity index (χ4n) is 1.04. The Balaban J connectivity index is 2.99. The van der Waals surface area contributed by atoms with Crippen LogP contribution in [0, 0.1) is 33.3 Å². The van der Waals surface area contributed by atoms with E-state index in [1.807, 2.05) is 0 Å². The number of methoxy groups -OCH3 is 1. The molecule has 1 aromatic rings. The van der Waals surface area contributed by atoms with Crippen LogP contribution in [0.25, 0.3) is 0 Å². The highest BCUT2D eigenvalue weighted by molar-refractivity contribution is 5.72. The maximum absolute atomic E-state index is 10.8. The van der Waals surface area contributed by atoms with Gasteiger partial charge in [0, 0.05) is 17.8 Å². The van der Waals surface area contributed by atoms with E-state index in [4.69, 9.17) is 5.26 Å². The molecule has 0 fully saturated rings. The average molecular weight is 245 g/mol. The van der Waals surface area contributed by atoms with Gasteiger partial charge in [-0.05, 0) is 0 Å². The molecule has 0 aliphatic rings. The summed E-state index contributed by atoms with van der Waals surface area (Å²) in [6.45, 7) is 0. The first kappa shape index (κ1) is 13.1. The lowest BCUT2D eigenvalue weighted by molar-refractivity contribution is -0.385. The Morgan fingerprint density at radius 2 is 2.39 bits per heavy atom. The quantitative estimate of drug-likeness (QED) is 0.330. The van der Waals surface area contributed by atoms with Crippen LogP contribution in [-0.4, -0.2) is 23.0 Å². The molecule has 0 radical (unpaired) electrons. The molecule has 0 aliphatic carbocycles. The van der Waals surface area contributed by atoms with Crippen molar-refractivity contribution in [2.45, 2.75) is 6.42 Å². The normalized spacial score (nSPS) is 8.67. The smallest absolute Gasteiger partial charge is 0.317 e. The number of ether oxygens (including phenoxy) is 1. The summed E-state index contributed by atoms with van der Waals surface area (Å²) in [7, 11) is 1.23. The van der Waals surface area contributed by atoms with Crippen LogP contribution in [0.3, 0.4) is 0 Å². The molecule has 0 bridgehead atoms. The number of hydrogen-bond donors (Lipinski definition) is 0. The van der Waals surface area contributed by atoms with E-state index in [0.29, 0.717) is 0 Å². The molecular formula is C11H7N3O4. The van der Waals surface area contributed by atoms with E-state index < -0.39 is 16.6 Å². The summed E-state index contributed by atoms with van der Waals surface area (Å²) in [5, 5.41) is 19.3. The number of esters is 1. The summed E-state index contributed by atoms with van der Waals surface area (Å²) in [6, 6.07) is 2.75. The summed E-state index contributed by atoms with van der Waals surface area (Å²) < 4.78 is 4.38. The Morgan fingerprint density at radius 1 is 1.67 bits per heavy atom. The summed E-state index contributed by atoms with van der Waals surface area (Å²) >= 11 is 0. The van der Waals surface area contributed by atoms with Gasteiger partial charge in [-0.2, -0.15) is 5.26 Å². The number of aromatic nitrogens is 1. The Labute approximate surface area is 102 Å². The standard InChI is InChI=1S/C11H7N3O4/c1-18-11(15)4-2-3-8-5-10(14(16)17)9(6-12)13-7-8/h5,7H,4H2,1H3. The van der Waals surface area contributed by atoms with Crippen molar-refractivity contribution >= 4 is 11.7 Å². The van der Waals surface area contributed by atoms with Crippen LogP contribution < -0.4 is 0 Å². The fourth-order valence-corrected chi connectivity index (χ4v) is 1.04. The summed E-state index contributed by atoms with van der Waals surface area (Å²) in [6.07, 6.45) is 1.11. The Hall–Kier alpha value is -2.93. The lowest BCUT2D eigenvalue weighted by atomic mass is 10.2. The topological polar surface area (TPSA) is 106 Å². The molecular weight excluding hydrogens is 238 g/mol. The Morgan fingerprint density at radius 3 is 2.94 bits per heavy atom. The van der Waals surface area contributed by atoms with Crippen LogP contribution in [0.1, 0.15) is 17.7 Å². The highest BCUT2D eigenvalue weighted by Crippen LogP contribution is 2.16. The molecule has 1 aromatic heterocycles. The van der Waals surface area contributed by atoms with Gasteiger partial charge in [0.05, 0.1) is 12.0 Å². The highest BCUT2D eigenvalue weighted by atomic mass is 16.6. The first-order valence-electron chi connectivity index (χ1n) is 4.68. The van der Waals surface area contributed by atoms with Crippen LogP contribution in [0.4, 0.5) is 5.69 Å². The van der Waals surface area contributed by atoms with Gasteiger partial charge in [0.1, 0.15) is 12.5 Å². The molecule has 0 saturated heterocycles. The number of rotatable bonds is 2. The molecule has 0 atom stereocenters. The van der Waals surface area contributed by atoms with Crippen molar-refractivity contribution in [1.29, 1.82) is 5.26 Å². The number of nitro groups is 1. The van der Waals surface area contributed by atoms with E-state index >= 15 is 0 Å². The summed E-state index contributed by atoms with van der Waals surface area (Å²) in [4.78, 5) is 24.3. The number of nitrogens with zero attached hydrogens (tertiary/aromatic N) is 3. The molecule has 1 heterocycles. The minimum absolute atomic E-state index is 0.121. The highest BCUT2D eigenvalue weighted by Gasteiger charge is 2.15. The number of carbonyl (C=O) groups is 1. The largest absolute Gasteiger partial charge is 0.468 e. The predicted octanol–water partition coefficient (Wildman–Crippen LogP) is 0.776. The van der Waals surface area contributed by atoms with Crippen LogP contribution in [0.15, 0.2) is 12.3 Å². The first-order valence-corrected chi connectivity index (χ1v) is 4.68. The molecule has 90 valence electrons. The van der Waals surface area contributed by atoms with E-state index in [1.165, 1.54) is 13.3 Å². The molecule has 0 amide bonds. The van der Waals surface area contributed by atoms with Gasteiger partial charge < -0.3 is 4.74 Å². The molecule has 0 unspecified atom stereocenters. The van der Waals surface area contributed by atoms with Gasteiger partial charge in [-0.3, -0.25) is 14.9 Å². The summed E-state index contributed by atoms with van der Waals surface area (Å²) in [5.41, 5.74) is -0.439. The zero-order chi connectivity index (χ0) is 13.5. The number of pyridine rings is 1. The van der Waals surface area contributed by atoms with Crippen LogP contribution >= 0.6 is 0 Å². The van der Waals surface area contributed by atoms with E-state index in [0.717, 1.165) is 6.07 Å². The van der Waals surface area contributed by atoms with Crippen molar-refractivity contribution in [2.24, 2.45) is 0 Å². The van der Waals surface area contributed by atoms with Crippen molar-refractivity contribution in [1.82, 2.24) is 4.98 Å². The van der Waals surface area contributed by atoms with Crippen molar-refractivity contribution in [3.8, 4) is 17.9 Å². The zero-order valence-corrected chi connectivity index (χ0v) is 9.34. The second-order valence-electron chi connectivity index (χ2n) is 3.02. The molecule has 0 N–H and O–H groups in total. The molecule has 0 aliphatic heterocycles. The third-order valence-electron chi connectivity index (χ3n) is 1.86. The zero-order valence-electron chi connectivity index (χ0n) is 9.34. The number of hydrogen-bond acceptors (Lipinski definition) is 6.